The average molecular weight is 382 g/mol. The zero-order chi connectivity index (χ0) is 15.7. The second-order valence-corrected chi connectivity index (χ2v) is 7.55. The molecular formula is C16H22BrN4S+. The fourth-order valence-electron chi connectivity index (χ4n) is 3.01. The quantitative estimate of drug-likeness (QED) is 0.827. The van der Waals surface area contributed by atoms with Gasteiger partial charge in [-0.1, -0.05) is 35.0 Å². The molecule has 1 aromatic carbocycles. The number of benzene rings is 1. The van der Waals surface area contributed by atoms with Gasteiger partial charge in [0, 0.05) is 17.1 Å². The van der Waals surface area contributed by atoms with Crippen LogP contribution in [0.4, 0.5) is 0 Å². The Balaban J connectivity index is 1.85. The van der Waals surface area contributed by atoms with Crippen molar-refractivity contribution in [2.24, 2.45) is 13.0 Å². The topological polar surface area (TPSA) is 27.2 Å². The summed E-state index contributed by atoms with van der Waals surface area (Å²) >= 11 is 9.10. The van der Waals surface area contributed by atoms with Crippen LogP contribution in [-0.2, 0) is 13.7 Å². The Morgan fingerprint density at radius 2 is 2.09 bits per heavy atom. The summed E-state index contributed by atoms with van der Waals surface area (Å²) in [6.45, 7) is 5.64. The number of likely N-dealkylation sites (tertiary alicyclic amines) is 1. The Kier molecular flexibility index (Phi) is 4.80. The second-order valence-electron chi connectivity index (χ2n) is 6.27. The van der Waals surface area contributed by atoms with Crippen LogP contribution < -0.4 is 4.90 Å². The smallest absolute Gasteiger partial charge is 0.202 e. The van der Waals surface area contributed by atoms with Crippen LogP contribution in [0.25, 0.3) is 11.4 Å². The third-order valence-electron chi connectivity index (χ3n) is 4.48. The largest absolute Gasteiger partial charge is 0.316 e. The Morgan fingerprint density at radius 1 is 1.36 bits per heavy atom. The van der Waals surface area contributed by atoms with Gasteiger partial charge in [-0.3, -0.25) is 0 Å². The van der Waals surface area contributed by atoms with Gasteiger partial charge >= 0.3 is 0 Å². The third-order valence-corrected chi connectivity index (χ3v) is 5.46. The predicted molar refractivity (Wildman–Crippen MR) is 94.3 cm³/mol. The van der Waals surface area contributed by atoms with Crippen molar-refractivity contribution in [1.82, 2.24) is 14.3 Å². The molecule has 118 valence electrons. The maximum atomic E-state index is 5.58. The molecule has 2 heterocycles. The van der Waals surface area contributed by atoms with Gasteiger partial charge in [-0.2, -0.15) is 4.68 Å². The number of rotatable bonds is 3. The van der Waals surface area contributed by atoms with E-state index in [1.165, 1.54) is 25.9 Å². The number of hydrogen-bond acceptors (Lipinski definition) is 2. The van der Waals surface area contributed by atoms with Gasteiger partial charge < -0.3 is 9.47 Å². The van der Waals surface area contributed by atoms with E-state index in [0.29, 0.717) is 0 Å². The van der Waals surface area contributed by atoms with E-state index in [4.69, 9.17) is 17.3 Å². The number of nitrogens with zero attached hydrogens (tertiary/aromatic N) is 3. The molecule has 0 saturated carbocycles. The number of hydrogen-bond donors (Lipinski definition) is 1. The second kappa shape index (κ2) is 6.64. The fourth-order valence-corrected chi connectivity index (χ4v) is 3.60. The van der Waals surface area contributed by atoms with Gasteiger partial charge in [0.15, 0.2) is 12.5 Å². The van der Waals surface area contributed by atoms with Crippen LogP contribution >= 0.6 is 28.1 Å². The molecule has 1 aliphatic rings. The summed E-state index contributed by atoms with van der Waals surface area (Å²) in [6, 6.07) is 8.20. The molecule has 0 atom stereocenters. The summed E-state index contributed by atoms with van der Waals surface area (Å²) in [5.74, 6) is 1.79. The van der Waals surface area contributed by atoms with Crippen LogP contribution in [0.3, 0.4) is 0 Å². The molecule has 0 radical (unpaired) electrons. The highest BCUT2D eigenvalue weighted by atomic mass is 79.9. The highest BCUT2D eigenvalue weighted by Crippen LogP contribution is 2.21. The third kappa shape index (κ3) is 3.34. The van der Waals surface area contributed by atoms with Crippen LogP contribution in [0.2, 0.25) is 0 Å². The maximum absolute atomic E-state index is 5.58. The van der Waals surface area contributed by atoms with E-state index in [-0.39, 0.29) is 0 Å². The number of quaternary nitrogens is 1. The summed E-state index contributed by atoms with van der Waals surface area (Å²) < 4.78 is 5.84. The van der Waals surface area contributed by atoms with Gasteiger partial charge in [-0.05, 0) is 43.1 Å². The lowest BCUT2D eigenvalue weighted by Crippen LogP contribution is -3.12. The van der Waals surface area contributed by atoms with Gasteiger partial charge in [0.2, 0.25) is 4.77 Å². The van der Waals surface area contributed by atoms with Crippen molar-refractivity contribution < 1.29 is 4.90 Å². The minimum Gasteiger partial charge on any atom is -0.316 e. The number of halogens is 1. The first-order chi connectivity index (χ1) is 10.5. The molecule has 0 aliphatic carbocycles. The molecule has 1 aliphatic heterocycles. The predicted octanol–water partition coefficient (Wildman–Crippen LogP) is 2.65. The molecule has 0 amide bonds. The Bertz CT molecular complexity index is 713. The standard InChI is InChI=1S/C16H21BrN4S/c1-12-6-8-20(9-7-12)11-21-16(22)19(2)15(18-21)13-4-3-5-14(17)10-13/h3-5,10,12H,6-9,11H2,1-2H3/p+1. The van der Waals surface area contributed by atoms with Gasteiger partial charge in [-0.25, -0.2) is 0 Å². The van der Waals surface area contributed by atoms with Gasteiger partial charge in [0.1, 0.15) is 0 Å². The van der Waals surface area contributed by atoms with Crippen LogP contribution in [0, 0.1) is 10.7 Å². The Morgan fingerprint density at radius 3 is 2.77 bits per heavy atom. The molecular weight excluding hydrogens is 360 g/mol. The molecule has 0 spiro atoms. The van der Waals surface area contributed by atoms with E-state index in [9.17, 15) is 0 Å². The van der Waals surface area contributed by atoms with Crippen molar-refractivity contribution in [3.63, 3.8) is 0 Å². The fraction of sp³-hybridized carbons (Fsp3) is 0.500. The molecule has 1 fully saturated rings. The molecule has 0 bridgehead atoms. The van der Waals surface area contributed by atoms with E-state index in [1.54, 1.807) is 4.90 Å². The number of aromatic nitrogens is 3. The summed E-state index contributed by atoms with van der Waals surface area (Å²) in [7, 11) is 2.00. The molecule has 22 heavy (non-hydrogen) atoms. The first-order valence-electron chi connectivity index (χ1n) is 7.78. The molecule has 6 heteroatoms. The minimum absolute atomic E-state index is 0.793. The summed E-state index contributed by atoms with van der Waals surface area (Å²) in [6.07, 6.45) is 2.60. The first-order valence-corrected chi connectivity index (χ1v) is 8.98. The molecule has 1 saturated heterocycles. The maximum Gasteiger partial charge on any atom is 0.202 e. The molecule has 3 rings (SSSR count). The van der Waals surface area contributed by atoms with Crippen LogP contribution in [0.15, 0.2) is 28.7 Å². The number of piperidine rings is 1. The normalized spacial score (nSPS) is 22.0. The molecule has 1 N–H and O–H groups in total. The van der Waals surface area contributed by atoms with Crippen molar-refractivity contribution in [1.29, 1.82) is 0 Å². The van der Waals surface area contributed by atoms with Crippen molar-refractivity contribution in [2.75, 3.05) is 13.1 Å². The van der Waals surface area contributed by atoms with Crippen molar-refractivity contribution >= 4 is 28.1 Å². The van der Waals surface area contributed by atoms with E-state index in [1.807, 2.05) is 28.4 Å². The molecule has 1 aromatic heterocycles. The Hall–Kier alpha value is -0.980. The van der Waals surface area contributed by atoms with Crippen molar-refractivity contribution in [3.8, 4) is 11.4 Å². The molecule has 0 unspecified atom stereocenters. The zero-order valence-electron chi connectivity index (χ0n) is 13.1. The SMILES string of the molecule is CC1CC[NH+](Cn2nc(-c3cccc(Br)c3)n(C)c2=S)CC1. The van der Waals surface area contributed by atoms with E-state index >= 15 is 0 Å². The van der Waals surface area contributed by atoms with Gasteiger partial charge in [0.05, 0.1) is 13.1 Å². The van der Waals surface area contributed by atoms with Gasteiger partial charge in [-0.15, -0.1) is 5.10 Å². The summed E-state index contributed by atoms with van der Waals surface area (Å²) in [5, 5.41) is 4.77. The van der Waals surface area contributed by atoms with Crippen LogP contribution in [0.5, 0.6) is 0 Å². The minimum atomic E-state index is 0.793. The summed E-state index contributed by atoms with van der Waals surface area (Å²) in [4.78, 5) is 1.58. The zero-order valence-corrected chi connectivity index (χ0v) is 15.5. The molecule has 2 aromatic rings. The highest BCUT2D eigenvalue weighted by Gasteiger charge is 2.20. The van der Waals surface area contributed by atoms with Crippen molar-refractivity contribution in [3.05, 3.63) is 33.5 Å². The van der Waals surface area contributed by atoms with E-state index in [0.717, 1.165) is 33.2 Å². The van der Waals surface area contributed by atoms with Crippen molar-refractivity contribution in [2.45, 2.75) is 26.4 Å². The van der Waals surface area contributed by atoms with Gasteiger partial charge in [0.25, 0.3) is 0 Å². The van der Waals surface area contributed by atoms with E-state index in [2.05, 4.69) is 35.0 Å². The highest BCUT2D eigenvalue weighted by molar-refractivity contribution is 9.10. The lowest BCUT2D eigenvalue weighted by atomic mass is 10.00. The lowest BCUT2D eigenvalue weighted by Gasteiger charge is -2.26. The summed E-state index contributed by atoms with van der Waals surface area (Å²) in [5.41, 5.74) is 1.09. The van der Waals surface area contributed by atoms with Crippen LogP contribution in [0.1, 0.15) is 19.8 Å². The average Bonchev–Trinajstić information content (AvgIpc) is 2.78. The molecule has 4 nitrogen and oxygen atoms in total. The Labute approximate surface area is 144 Å². The monoisotopic (exact) mass is 381 g/mol. The first kappa shape index (κ1) is 15.9. The number of nitrogens with one attached hydrogen (secondary N) is 1. The van der Waals surface area contributed by atoms with Crippen LogP contribution in [-0.4, -0.2) is 27.4 Å². The lowest BCUT2D eigenvalue weighted by molar-refractivity contribution is -0.929. The van der Waals surface area contributed by atoms with E-state index < -0.39 is 0 Å².